The highest BCUT2D eigenvalue weighted by Gasteiger charge is 2.16. The summed E-state index contributed by atoms with van der Waals surface area (Å²) < 4.78 is 1.17. The lowest BCUT2D eigenvalue weighted by Crippen LogP contribution is -2.36. The normalized spacial score (nSPS) is 10.7. The highest BCUT2D eigenvalue weighted by molar-refractivity contribution is 7.09. The predicted octanol–water partition coefficient (Wildman–Crippen LogP) is 2.58. The molecule has 3 rings (SSSR count). The van der Waals surface area contributed by atoms with Crippen LogP contribution in [0.2, 0.25) is 0 Å². The third kappa shape index (κ3) is 4.09. The molecule has 0 fully saturated rings. The second kappa shape index (κ2) is 7.92. The van der Waals surface area contributed by atoms with Gasteiger partial charge in [0.25, 0.3) is 11.2 Å². The first-order chi connectivity index (χ1) is 13.0. The Morgan fingerprint density at radius 1 is 1.41 bits per heavy atom. The van der Waals surface area contributed by atoms with Crippen molar-refractivity contribution >= 4 is 33.8 Å². The van der Waals surface area contributed by atoms with Crippen LogP contribution in [0.15, 0.2) is 59.5 Å². The number of carbonyl (C=O) groups is 1. The molecular weight excluding hydrogens is 368 g/mol. The van der Waals surface area contributed by atoms with Crippen LogP contribution in [0, 0.1) is 10.1 Å². The Hall–Kier alpha value is -3.33. The van der Waals surface area contributed by atoms with E-state index < -0.39 is 10.5 Å². The van der Waals surface area contributed by atoms with Crippen LogP contribution in [0.4, 0.5) is 5.69 Å². The van der Waals surface area contributed by atoms with Crippen molar-refractivity contribution in [2.45, 2.75) is 13.1 Å². The van der Waals surface area contributed by atoms with E-state index in [1.807, 2.05) is 17.5 Å². The van der Waals surface area contributed by atoms with Gasteiger partial charge in [0.2, 0.25) is 5.91 Å². The summed E-state index contributed by atoms with van der Waals surface area (Å²) in [6, 6.07) is 7.72. The first-order valence-electron chi connectivity index (χ1n) is 8.04. The molecule has 0 aliphatic carbocycles. The number of nitrogens with zero attached hydrogens (tertiary/aromatic N) is 4. The van der Waals surface area contributed by atoms with Gasteiger partial charge in [0.15, 0.2) is 0 Å². The lowest BCUT2D eigenvalue weighted by atomic mass is 10.2. The summed E-state index contributed by atoms with van der Waals surface area (Å²) >= 11 is 1.54. The molecule has 27 heavy (non-hydrogen) atoms. The Balaban J connectivity index is 1.88. The average Bonchev–Trinajstić information content (AvgIpc) is 3.16. The summed E-state index contributed by atoms with van der Waals surface area (Å²) in [4.78, 5) is 42.4. The van der Waals surface area contributed by atoms with Crippen molar-refractivity contribution in [3.63, 3.8) is 0 Å². The number of rotatable bonds is 7. The fraction of sp³-hybridized carbons (Fsp3) is 0.167. The number of benzene rings is 1. The van der Waals surface area contributed by atoms with Crippen LogP contribution in [0.25, 0.3) is 10.9 Å². The summed E-state index contributed by atoms with van der Waals surface area (Å²) in [5, 5.41) is 13.0. The number of thiophene rings is 1. The molecule has 8 nitrogen and oxygen atoms in total. The standard InChI is InChI=1S/C18H16N4O4S/c1-2-7-20(10-14-4-3-8-27-14)17(23)11-21-12-19-16-6-5-13(22(25)26)9-15(16)18(21)24/h2-6,8-9,12H,1,7,10-11H2. The largest absolute Gasteiger partial charge is 0.332 e. The first kappa shape index (κ1) is 18.5. The molecule has 0 bridgehead atoms. The topological polar surface area (TPSA) is 98.3 Å². The van der Waals surface area contributed by atoms with Crippen molar-refractivity contribution in [1.82, 2.24) is 14.5 Å². The van der Waals surface area contributed by atoms with Crippen molar-refractivity contribution in [2.24, 2.45) is 0 Å². The molecule has 1 aromatic carbocycles. The van der Waals surface area contributed by atoms with Gasteiger partial charge in [0.05, 0.1) is 28.7 Å². The fourth-order valence-corrected chi connectivity index (χ4v) is 3.34. The molecule has 1 amide bonds. The van der Waals surface area contributed by atoms with Gasteiger partial charge in [-0.25, -0.2) is 4.98 Å². The van der Waals surface area contributed by atoms with Gasteiger partial charge in [0.1, 0.15) is 6.54 Å². The highest BCUT2D eigenvalue weighted by Crippen LogP contribution is 2.16. The van der Waals surface area contributed by atoms with Gasteiger partial charge in [-0.05, 0) is 17.5 Å². The number of carbonyl (C=O) groups excluding carboxylic acids is 1. The van der Waals surface area contributed by atoms with Gasteiger partial charge in [-0.15, -0.1) is 17.9 Å². The van der Waals surface area contributed by atoms with Crippen molar-refractivity contribution in [2.75, 3.05) is 6.54 Å². The van der Waals surface area contributed by atoms with E-state index in [0.29, 0.717) is 18.6 Å². The van der Waals surface area contributed by atoms with Crippen LogP contribution >= 0.6 is 11.3 Å². The van der Waals surface area contributed by atoms with Gasteiger partial charge < -0.3 is 4.90 Å². The third-order valence-electron chi connectivity index (χ3n) is 3.95. The monoisotopic (exact) mass is 384 g/mol. The zero-order valence-corrected chi connectivity index (χ0v) is 15.1. The van der Waals surface area contributed by atoms with E-state index in [9.17, 15) is 19.7 Å². The molecular formula is C18H16N4O4S. The predicted molar refractivity (Wildman–Crippen MR) is 103 cm³/mol. The summed E-state index contributed by atoms with van der Waals surface area (Å²) in [5.74, 6) is -0.267. The van der Waals surface area contributed by atoms with Gasteiger partial charge >= 0.3 is 0 Å². The molecule has 0 radical (unpaired) electrons. The number of aromatic nitrogens is 2. The van der Waals surface area contributed by atoms with Crippen molar-refractivity contribution in [3.8, 4) is 0 Å². The molecule has 0 spiro atoms. The van der Waals surface area contributed by atoms with Gasteiger partial charge in [-0.2, -0.15) is 0 Å². The fourth-order valence-electron chi connectivity index (χ4n) is 2.62. The third-order valence-corrected chi connectivity index (χ3v) is 4.81. The highest BCUT2D eigenvalue weighted by atomic mass is 32.1. The van der Waals surface area contributed by atoms with E-state index in [1.54, 1.807) is 11.0 Å². The Bertz CT molecular complexity index is 1060. The van der Waals surface area contributed by atoms with E-state index in [-0.39, 0.29) is 23.5 Å². The zero-order chi connectivity index (χ0) is 19.4. The number of fused-ring (bicyclic) bond motifs is 1. The van der Waals surface area contributed by atoms with Crippen LogP contribution in [0.3, 0.4) is 0 Å². The molecule has 0 unspecified atom stereocenters. The van der Waals surface area contributed by atoms with E-state index in [2.05, 4.69) is 11.6 Å². The van der Waals surface area contributed by atoms with Crippen LogP contribution in [0.5, 0.6) is 0 Å². The van der Waals surface area contributed by atoms with Crippen LogP contribution in [0.1, 0.15) is 4.88 Å². The van der Waals surface area contributed by atoms with Crippen molar-refractivity contribution in [3.05, 3.63) is 80.0 Å². The summed E-state index contributed by atoms with van der Waals surface area (Å²) in [6.45, 7) is 4.23. The summed E-state index contributed by atoms with van der Waals surface area (Å²) in [6.07, 6.45) is 2.90. The number of nitro groups is 1. The summed E-state index contributed by atoms with van der Waals surface area (Å²) in [5.41, 5.74) is -0.348. The van der Waals surface area contributed by atoms with E-state index in [4.69, 9.17) is 0 Å². The Labute approximate surface area is 158 Å². The lowest BCUT2D eigenvalue weighted by Gasteiger charge is -2.21. The maximum atomic E-state index is 12.7. The summed E-state index contributed by atoms with van der Waals surface area (Å²) in [7, 11) is 0. The van der Waals surface area contributed by atoms with Crippen molar-refractivity contribution in [1.29, 1.82) is 0 Å². The number of non-ortho nitro benzene ring substituents is 1. The van der Waals surface area contributed by atoms with E-state index in [1.165, 1.54) is 40.4 Å². The molecule has 9 heteroatoms. The maximum Gasteiger partial charge on any atom is 0.270 e. The SMILES string of the molecule is C=CCN(Cc1cccs1)C(=O)Cn1cnc2ccc([N+](=O)[O-])cc2c1=O. The quantitative estimate of drug-likeness (QED) is 0.354. The van der Waals surface area contributed by atoms with Gasteiger partial charge in [-0.1, -0.05) is 12.1 Å². The van der Waals surface area contributed by atoms with Crippen LogP contribution < -0.4 is 5.56 Å². The molecule has 138 valence electrons. The molecule has 3 aromatic rings. The molecule has 0 saturated carbocycles. The number of amides is 1. The first-order valence-corrected chi connectivity index (χ1v) is 8.92. The smallest absolute Gasteiger partial charge is 0.270 e. The maximum absolute atomic E-state index is 12.7. The van der Waals surface area contributed by atoms with E-state index in [0.717, 1.165) is 4.88 Å². The van der Waals surface area contributed by atoms with Crippen LogP contribution in [-0.4, -0.2) is 31.8 Å². The van der Waals surface area contributed by atoms with Crippen molar-refractivity contribution < 1.29 is 9.72 Å². The molecule has 2 heterocycles. The molecule has 0 atom stereocenters. The van der Waals surface area contributed by atoms with Gasteiger partial charge in [-0.3, -0.25) is 24.3 Å². The molecule has 0 aliphatic heterocycles. The minimum absolute atomic E-state index is 0.105. The Morgan fingerprint density at radius 3 is 2.89 bits per heavy atom. The number of hydrogen-bond donors (Lipinski definition) is 0. The van der Waals surface area contributed by atoms with Crippen LogP contribution in [-0.2, 0) is 17.9 Å². The Kier molecular flexibility index (Phi) is 5.41. The van der Waals surface area contributed by atoms with E-state index >= 15 is 0 Å². The molecule has 0 saturated heterocycles. The number of nitro benzene ring substituents is 1. The Morgan fingerprint density at radius 2 is 2.22 bits per heavy atom. The second-order valence-electron chi connectivity index (χ2n) is 5.78. The molecule has 0 N–H and O–H groups in total. The minimum Gasteiger partial charge on any atom is -0.332 e. The molecule has 0 aliphatic rings. The number of hydrogen-bond acceptors (Lipinski definition) is 6. The second-order valence-corrected chi connectivity index (χ2v) is 6.81. The zero-order valence-electron chi connectivity index (χ0n) is 14.3. The minimum atomic E-state index is -0.575. The average molecular weight is 384 g/mol. The molecule has 2 aromatic heterocycles. The van der Waals surface area contributed by atoms with Gasteiger partial charge in [0, 0.05) is 23.6 Å². The lowest BCUT2D eigenvalue weighted by molar-refractivity contribution is -0.384.